The third kappa shape index (κ3) is 5.73. The van der Waals surface area contributed by atoms with Crippen LogP contribution in [0.15, 0.2) is 83.1 Å². The number of carbonyl (C=O) groups excluding carboxylic acids is 1. The molecule has 4 heterocycles. The number of fused-ring (bicyclic) bond motifs is 4. The first-order chi connectivity index (χ1) is 17.8. The molecule has 6 rings (SSSR count). The summed E-state index contributed by atoms with van der Waals surface area (Å²) in [5, 5.41) is 11.4. The van der Waals surface area contributed by atoms with E-state index in [0.717, 1.165) is 53.8 Å². The Labute approximate surface area is 236 Å². The number of aromatic nitrogens is 2. The number of halogens is 1. The van der Waals surface area contributed by atoms with Gasteiger partial charge in [-0.1, -0.05) is 29.1 Å². The average molecular weight is 702 g/mol. The van der Waals surface area contributed by atoms with Crippen molar-refractivity contribution in [3.8, 4) is 21.7 Å². The number of aryl methyl sites for hydroxylation is 1. The van der Waals surface area contributed by atoms with Gasteiger partial charge in [-0.15, -0.1) is 29.5 Å². The number of pyridine rings is 2. The van der Waals surface area contributed by atoms with E-state index in [1.165, 1.54) is 32.1 Å². The van der Waals surface area contributed by atoms with E-state index in [9.17, 15) is 9.18 Å². The quantitative estimate of drug-likeness (QED) is 0.114. The second-order valence-corrected chi connectivity index (χ2v) is 9.71. The van der Waals surface area contributed by atoms with Crippen molar-refractivity contribution < 1.29 is 38.8 Å². The summed E-state index contributed by atoms with van der Waals surface area (Å²) in [6.45, 7) is 4.80. The third-order valence-corrected chi connectivity index (χ3v) is 6.77. The monoisotopic (exact) mass is 702 g/mol. The van der Waals surface area contributed by atoms with Gasteiger partial charge in [0.25, 0.3) is 0 Å². The molecule has 0 atom stereocenters. The number of rotatable bonds is 3. The van der Waals surface area contributed by atoms with Crippen molar-refractivity contribution in [3.63, 3.8) is 0 Å². The number of aliphatic hydroxyl groups is 1. The fraction of sp³-hybridized carbons (Fsp3) is 0.100. The second kappa shape index (κ2) is 11.4. The molecule has 0 bridgehead atoms. The summed E-state index contributed by atoms with van der Waals surface area (Å²) in [5.74, 6) is -0.296. The molecule has 4 aromatic heterocycles. The fourth-order valence-electron chi connectivity index (χ4n) is 4.04. The number of ketones is 1. The summed E-state index contributed by atoms with van der Waals surface area (Å²) in [4.78, 5) is 20.3. The Morgan fingerprint density at radius 3 is 2.53 bits per heavy atom. The summed E-state index contributed by atoms with van der Waals surface area (Å²) < 4.78 is 20.4. The summed E-state index contributed by atoms with van der Waals surface area (Å²) in [7, 11) is 0. The molecule has 0 saturated heterocycles. The van der Waals surface area contributed by atoms with Gasteiger partial charge in [-0.25, -0.2) is 9.37 Å². The molecular formula is C30H22FIrN2O3S-. The molecule has 0 saturated carbocycles. The molecule has 6 aromatic rings. The van der Waals surface area contributed by atoms with Crippen LogP contribution in [0.4, 0.5) is 4.39 Å². The predicted octanol–water partition coefficient (Wildman–Crippen LogP) is 8.21. The minimum absolute atomic E-state index is 0. The molecule has 0 aliphatic heterocycles. The second-order valence-electron chi connectivity index (χ2n) is 8.62. The van der Waals surface area contributed by atoms with Gasteiger partial charge in [0.15, 0.2) is 5.78 Å². The smallest absolute Gasteiger partial charge is 0.216 e. The molecule has 38 heavy (non-hydrogen) atoms. The van der Waals surface area contributed by atoms with Crippen LogP contribution in [0.3, 0.4) is 0 Å². The van der Waals surface area contributed by atoms with E-state index in [-0.39, 0.29) is 37.5 Å². The Morgan fingerprint density at radius 1 is 1.08 bits per heavy atom. The van der Waals surface area contributed by atoms with Crippen molar-refractivity contribution in [2.75, 3.05) is 0 Å². The topological polar surface area (TPSA) is 76.2 Å². The molecule has 2 aromatic carbocycles. The number of nitrogens with zero attached hydrogens (tertiary/aromatic N) is 2. The van der Waals surface area contributed by atoms with Crippen molar-refractivity contribution in [2.45, 2.75) is 20.8 Å². The van der Waals surface area contributed by atoms with Gasteiger partial charge in [0.2, 0.25) is 5.71 Å². The van der Waals surface area contributed by atoms with Crippen LogP contribution in [0.2, 0.25) is 0 Å². The molecule has 193 valence electrons. The van der Waals surface area contributed by atoms with Crippen LogP contribution in [0, 0.1) is 18.8 Å². The van der Waals surface area contributed by atoms with Crippen LogP contribution in [0.1, 0.15) is 19.5 Å². The summed E-state index contributed by atoms with van der Waals surface area (Å²) in [6.07, 6.45) is 3.04. The third-order valence-electron chi connectivity index (χ3n) is 5.64. The number of benzene rings is 2. The largest absolute Gasteiger partial charge is 0.512 e. The average Bonchev–Trinajstić information content (AvgIpc) is 3.44. The van der Waals surface area contributed by atoms with Gasteiger partial charge in [0.05, 0.1) is 16.0 Å². The van der Waals surface area contributed by atoms with Crippen LogP contribution in [-0.2, 0) is 24.9 Å². The number of furan rings is 1. The molecule has 0 unspecified atom stereocenters. The van der Waals surface area contributed by atoms with Gasteiger partial charge in [-0.05, 0) is 67.7 Å². The first kappa shape index (κ1) is 27.3. The van der Waals surface area contributed by atoms with Crippen LogP contribution in [0.5, 0.6) is 0 Å². The minimum atomic E-state index is -0.233. The maximum Gasteiger partial charge on any atom is 0.216 e. The zero-order chi connectivity index (χ0) is 26.1. The van der Waals surface area contributed by atoms with Crippen LogP contribution < -0.4 is 0 Å². The van der Waals surface area contributed by atoms with Gasteiger partial charge in [0, 0.05) is 48.3 Å². The molecule has 0 spiro atoms. The minimum Gasteiger partial charge on any atom is -0.512 e. The Kier molecular flexibility index (Phi) is 8.17. The zero-order valence-electron chi connectivity index (χ0n) is 20.7. The van der Waals surface area contributed by atoms with E-state index in [0.29, 0.717) is 5.71 Å². The number of aliphatic hydroxyl groups excluding tert-OH is 1. The van der Waals surface area contributed by atoms with Gasteiger partial charge < -0.3 is 14.5 Å². The van der Waals surface area contributed by atoms with E-state index >= 15 is 0 Å². The first-order valence-corrected chi connectivity index (χ1v) is 12.3. The Balaban J connectivity index is 0.000000375. The van der Waals surface area contributed by atoms with E-state index in [4.69, 9.17) is 9.52 Å². The van der Waals surface area contributed by atoms with E-state index in [1.54, 1.807) is 23.5 Å². The van der Waals surface area contributed by atoms with Crippen molar-refractivity contribution >= 4 is 49.3 Å². The van der Waals surface area contributed by atoms with E-state index in [2.05, 4.69) is 28.2 Å². The van der Waals surface area contributed by atoms with Gasteiger partial charge in [-0.2, -0.15) is 0 Å². The van der Waals surface area contributed by atoms with Gasteiger partial charge in [-0.3, -0.25) is 4.79 Å². The fourth-order valence-corrected chi connectivity index (χ4v) is 5.06. The number of thiophene rings is 1. The van der Waals surface area contributed by atoms with Gasteiger partial charge in [0.1, 0.15) is 5.82 Å². The molecule has 0 aliphatic carbocycles. The van der Waals surface area contributed by atoms with Crippen LogP contribution in [-0.4, -0.2) is 20.9 Å². The maximum atomic E-state index is 13.3. The molecule has 8 heteroatoms. The predicted molar refractivity (Wildman–Crippen MR) is 146 cm³/mol. The molecule has 1 N–H and O–H groups in total. The standard InChI is InChI=1S/C25H14FN2OS.C5H8O2.Ir/c1-14-5-10-19-18-3-2-4-20(24(18)29-25(19)28-14)21-11-16-12-22(30-23(16)13-27-21)15-6-8-17(26)9-7-15;1-4(6)3-5(2)7;/h2-3,5-13H,1H3;3,6H,1-2H3;/q-1;;/b;4-3-;. The molecule has 1 radical (unpaired) electrons. The summed E-state index contributed by atoms with van der Waals surface area (Å²) >= 11 is 1.64. The Hall–Kier alpha value is -3.71. The van der Waals surface area contributed by atoms with Crippen LogP contribution >= 0.6 is 11.3 Å². The maximum absolute atomic E-state index is 13.3. The van der Waals surface area contributed by atoms with Gasteiger partial charge >= 0.3 is 0 Å². The zero-order valence-corrected chi connectivity index (χ0v) is 23.9. The van der Waals surface area contributed by atoms with Crippen molar-refractivity contribution in [2.24, 2.45) is 0 Å². The van der Waals surface area contributed by atoms with E-state index in [1.807, 2.05) is 37.4 Å². The molecule has 0 amide bonds. The Morgan fingerprint density at radius 2 is 1.84 bits per heavy atom. The summed E-state index contributed by atoms with van der Waals surface area (Å²) in [6, 6.07) is 21.9. The van der Waals surface area contributed by atoms with Crippen molar-refractivity contribution in [1.29, 1.82) is 0 Å². The Bertz CT molecular complexity index is 1800. The first-order valence-electron chi connectivity index (χ1n) is 11.5. The number of carbonyl (C=O) groups is 1. The molecular weight excluding hydrogens is 680 g/mol. The number of hydrogen-bond donors (Lipinski definition) is 1. The van der Waals surface area contributed by atoms with Crippen molar-refractivity contribution in [3.05, 3.63) is 96.3 Å². The summed E-state index contributed by atoms with van der Waals surface area (Å²) in [5.41, 5.74) is 4.89. The normalized spacial score (nSPS) is 11.3. The number of hydrogen-bond acceptors (Lipinski definition) is 6. The van der Waals surface area contributed by atoms with E-state index < -0.39 is 0 Å². The number of allylic oxidation sites excluding steroid dienone is 2. The SMILES string of the molecule is CC(=O)/C=C(/C)O.Cc1ccc2c(n1)oc1c(-c3cc4cc(-c5ccc(F)cc5)sc4cn3)[c-]ccc12.[Ir]. The molecule has 0 fully saturated rings. The van der Waals surface area contributed by atoms with Crippen LogP contribution in [0.25, 0.3) is 53.9 Å². The molecule has 5 nitrogen and oxygen atoms in total. The van der Waals surface area contributed by atoms with Crippen molar-refractivity contribution in [1.82, 2.24) is 9.97 Å². The molecule has 0 aliphatic rings.